The van der Waals surface area contributed by atoms with Gasteiger partial charge in [0, 0.05) is 17.3 Å². The summed E-state index contributed by atoms with van der Waals surface area (Å²) in [4.78, 5) is 32.6. The number of hydrogen-bond acceptors (Lipinski definition) is 6. The zero-order chi connectivity index (χ0) is 14.8. The molecular weight excluding hydrogens is 286 g/mol. The molecule has 0 aromatic carbocycles. The lowest BCUT2D eigenvalue weighted by Crippen LogP contribution is -2.13. The van der Waals surface area contributed by atoms with Gasteiger partial charge in [-0.1, -0.05) is 23.9 Å². The largest absolute Gasteiger partial charge is 0.337 e. The molecule has 21 heavy (non-hydrogen) atoms. The van der Waals surface area contributed by atoms with Crippen molar-refractivity contribution in [2.45, 2.75) is 18.4 Å². The van der Waals surface area contributed by atoms with Gasteiger partial charge in [-0.05, 0) is 19.1 Å². The molecule has 1 aromatic heterocycles. The van der Waals surface area contributed by atoms with Gasteiger partial charge in [0.2, 0.25) is 0 Å². The zero-order valence-electron chi connectivity index (χ0n) is 11.4. The van der Waals surface area contributed by atoms with Gasteiger partial charge in [0.25, 0.3) is 0 Å². The monoisotopic (exact) mass is 299 g/mol. The number of rotatable bonds is 3. The van der Waals surface area contributed by atoms with E-state index < -0.39 is 0 Å². The molecule has 1 aromatic rings. The molecule has 6 heteroatoms. The van der Waals surface area contributed by atoms with Crippen molar-refractivity contribution in [1.82, 2.24) is 9.97 Å². The molecule has 1 aliphatic carbocycles. The molecule has 0 bridgehead atoms. The molecule has 1 aliphatic heterocycles. The van der Waals surface area contributed by atoms with E-state index >= 15 is 0 Å². The topological polar surface area (TPSA) is 72.0 Å². The Balaban J connectivity index is 1.82. The molecule has 0 saturated heterocycles. The number of nitrogens with zero attached hydrogens (tertiary/aromatic N) is 2. The summed E-state index contributed by atoms with van der Waals surface area (Å²) in [6.07, 6.45) is 10.6. The predicted octanol–water partition coefficient (Wildman–Crippen LogP) is 2.50. The number of carbonyl (C=O) groups is 2. The minimum Gasteiger partial charge on any atom is -0.337 e. The van der Waals surface area contributed by atoms with Crippen LogP contribution in [0.25, 0.3) is 0 Å². The number of nitrogens with one attached hydrogen (secondary N) is 1. The SMILES string of the molecule is CC(=O)CC(=O)C1C=CC2=C(C=C1)Sc1nccnc1N2. The summed E-state index contributed by atoms with van der Waals surface area (Å²) < 4.78 is 0. The van der Waals surface area contributed by atoms with Crippen molar-refractivity contribution in [3.63, 3.8) is 0 Å². The van der Waals surface area contributed by atoms with Crippen molar-refractivity contribution in [2.75, 3.05) is 5.32 Å². The second kappa shape index (κ2) is 5.65. The molecule has 0 amide bonds. The van der Waals surface area contributed by atoms with Crippen LogP contribution in [-0.4, -0.2) is 21.5 Å². The second-order valence-electron chi connectivity index (χ2n) is 4.80. The standard InChI is InChI=1S/C15H13N3O2S/c1-9(19)8-12(20)10-2-4-11-13(5-3-10)21-15-14(18-11)16-6-7-17-15/h2-7,10H,8H2,1H3,(H,16,18). The molecule has 1 atom stereocenters. The molecular formula is C15H13N3O2S. The Morgan fingerprint density at radius 3 is 2.81 bits per heavy atom. The van der Waals surface area contributed by atoms with Crippen LogP contribution >= 0.6 is 11.8 Å². The maximum absolute atomic E-state index is 12.0. The highest BCUT2D eigenvalue weighted by Crippen LogP contribution is 2.39. The van der Waals surface area contributed by atoms with Crippen molar-refractivity contribution < 1.29 is 9.59 Å². The first-order valence-electron chi connectivity index (χ1n) is 6.52. The molecule has 1 unspecified atom stereocenters. The van der Waals surface area contributed by atoms with Gasteiger partial charge in [-0.2, -0.15) is 0 Å². The van der Waals surface area contributed by atoms with E-state index in [1.165, 1.54) is 18.7 Å². The second-order valence-corrected chi connectivity index (χ2v) is 5.83. The van der Waals surface area contributed by atoms with Crippen LogP contribution in [0.2, 0.25) is 0 Å². The summed E-state index contributed by atoms with van der Waals surface area (Å²) >= 11 is 1.51. The summed E-state index contributed by atoms with van der Waals surface area (Å²) in [6, 6.07) is 0. The Bertz CT molecular complexity index is 662. The van der Waals surface area contributed by atoms with Gasteiger partial charge in [-0.3, -0.25) is 9.59 Å². The Labute approximate surface area is 126 Å². The molecule has 2 aliphatic rings. The van der Waals surface area contributed by atoms with Gasteiger partial charge in [-0.15, -0.1) is 0 Å². The van der Waals surface area contributed by atoms with Gasteiger partial charge in [0.05, 0.1) is 18.0 Å². The van der Waals surface area contributed by atoms with E-state index in [0.29, 0.717) is 5.82 Å². The lowest BCUT2D eigenvalue weighted by atomic mass is 9.99. The Morgan fingerprint density at radius 1 is 1.24 bits per heavy atom. The maximum Gasteiger partial charge on any atom is 0.163 e. The van der Waals surface area contributed by atoms with E-state index in [-0.39, 0.29) is 23.9 Å². The minimum absolute atomic E-state index is 0.0338. The number of hydrogen-bond donors (Lipinski definition) is 1. The molecule has 106 valence electrons. The van der Waals surface area contributed by atoms with Gasteiger partial charge in [-0.25, -0.2) is 9.97 Å². The van der Waals surface area contributed by atoms with Crippen molar-refractivity contribution in [3.05, 3.63) is 47.3 Å². The quantitative estimate of drug-likeness (QED) is 0.865. The van der Waals surface area contributed by atoms with Crippen molar-refractivity contribution in [3.8, 4) is 0 Å². The Kier molecular flexibility index (Phi) is 3.70. The first kappa shape index (κ1) is 13.8. The molecule has 0 saturated carbocycles. The first-order chi connectivity index (χ1) is 10.1. The normalized spacial score (nSPS) is 19.4. The van der Waals surface area contributed by atoms with Crippen LogP contribution in [0.15, 0.2) is 52.3 Å². The average Bonchev–Trinajstić information content (AvgIpc) is 2.66. The number of fused-ring (bicyclic) bond motifs is 1. The average molecular weight is 299 g/mol. The number of carbonyl (C=O) groups excluding carboxylic acids is 2. The third kappa shape index (κ3) is 2.95. The lowest BCUT2D eigenvalue weighted by molar-refractivity contribution is -0.126. The molecule has 5 nitrogen and oxygen atoms in total. The number of allylic oxidation sites excluding steroid dienone is 4. The van der Waals surface area contributed by atoms with Crippen LogP contribution < -0.4 is 5.32 Å². The lowest BCUT2D eigenvalue weighted by Gasteiger charge is -2.17. The number of Topliss-reactive ketones (excluding diaryl/α,β-unsaturated/α-hetero) is 2. The van der Waals surface area contributed by atoms with Crippen LogP contribution in [-0.2, 0) is 9.59 Å². The fraction of sp³-hybridized carbons (Fsp3) is 0.200. The van der Waals surface area contributed by atoms with Crippen LogP contribution in [0.3, 0.4) is 0 Å². The Hall–Kier alpha value is -2.21. The van der Waals surface area contributed by atoms with E-state index in [4.69, 9.17) is 0 Å². The molecule has 3 rings (SSSR count). The maximum atomic E-state index is 12.0. The van der Waals surface area contributed by atoms with Crippen LogP contribution in [0.1, 0.15) is 13.3 Å². The van der Waals surface area contributed by atoms with E-state index in [9.17, 15) is 9.59 Å². The highest BCUT2D eigenvalue weighted by molar-refractivity contribution is 8.03. The Morgan fingerprint density at radius 2 is 2.00 bits per heavy atom. The molecule has 0 fully saturated rings. The smallest absolute Gasteiger partial charge is 0.163 e. The van der Waals surface area contributed by atoms with Gasteiger partial charge in [0.1, 0.15) is 10.8 Å². The summed E-state index contributed by atoms with van der Waals surface area (Å²) in [5.74, 6) is 0.143. The molecule has 2 heterocycles. The third-order valence-electron chi connectivity index (χ3n) is 3.11. The van der Waals surface area contributed by atoms with Crippen molar-refractivity contribution >= 4 is 29.1 Å². The van der Waals surface area contributed by atoms with Gasteiger partial charge >= 0.3 is 0 Å². The fourth-order valence-corrected chi connectivity index (χ4v) is 3.01. The summed E-state index contributed by atoms with van der Waals surface area (Å²) in [5.41, 5.74) is 0.891. The summed E-state index contributed by atoms with van der Waals surface area (Å²) in [5, 5.41) is 4.02. The summed E-state index contributed by atoms with van der Waals surface area (Å²) in [7, 11) is 0. The first-order valence-corrected chi connectivity index (χ1v) is 7.34. The number of thioether (sulfide) groups is 1. The minimum atomic E-state index is -0.370. The van der Waals surface area contributed by atoms with E-state index in [1.807, 2.05) is 18.2 Å². The van der Waals surface area contributed by atoms with Crippen molar-refractivity contribution in [1.29, 1.82) is 0 Å². The van der Waals surface area contributed by atoms with Crippen LogP contribution in [0, 0.1) is 5.92 Å². The van der Waals surface area contributed by atoms with E-state index in [1.54, 1.807) is 18.5 Å². The number of aromatic nitrogens is 2. The fourth-order valence-electron chi connectivity index (χ4n) is 2.11. The van der Waals surface area contributed by atoms with Crippen LogP contribution in [0.4, 0.5) is 5.82 Å². The molecule has 1 N–H and O–H groups in total. The molecule has 0 spiro atoms. The van der Waals surface area contributed by atoms with Crippen molar-refractivity contribution in [2.24, 2.45) is 5.92 Å². The predicted molar refractivity (Wildman–Crippen MR) is 80.6 cm³/mol. The molecule has 0 radical (unpaired) electrons. The number of ketones is 2. The highest BCUT2D eigenvalue weighted by Gasteiger charge is 2.21. The van der Waals surface area contributed by atoms with E-state index in [2.05, 4.69) is 15.3 Å². The van der Waals surface area contributed by atoms with Gasteiger partial charge < -0.3 is 5.32 Å². The van der Waals surface area contributed by atoms with Crippen LogP contribution in [0.5, 0.6) is 0 Å². The van der Waals surface area contributed by atoms with E-state index in [0.717, 1.165) is 15.6 Å². The van der Waals surface area contributed by atoms with Gasteiger partial charge in [0.15, 0.2) is 11.6 Å². The third-order valence-corrected chi connectivity index (χ3v) is 4.18. The summed E-state index contributed by atoms with van der Waals surface area (Å²) in [6.45, 7) is 1.43. The zero-order valence-corrected chi connectivity index (χ0v) is 12.2. The number of anilines is 1. The highest BCUT2D eigenvalue weighted by atomic mass is 32.2.